The number of carbonyl (C=O) groups is 1. The zero-order chi connectivity index (χ0) is 25.4. The van der Waals surface area contributed by atoms with E-state index in [9.17, 15) is 20.1 Å². The van der Waals surface area contributed by atoms with Crippen molar-refractivity contribution in [3.63, 3.8) is 0 Å². The molecule has 0 spiro atoms. The third kappa shape index (κ3) is 4.90. The van der Waals surface area contributed by atoms with Gasteiger partial charge >= 0.3 is 5.97 Å². The van der Waals surface area contributed by atoms with Crippen LogP contribution in [0.2, 0.25) is 5.02 Å². The van der Waals surface area contributed by atoms with Crippen LogP contribution in [0.5, 0.6) is 17.5 Å². The first kappa shape index (κ1) is 24.5. The van der Waals surface area contributed by atoms with E-state index in [4.69, 9.17) is 16.3 Å². The lowest BCUT2D eigenvalue weighted by molar-refractivity contribution is -0.147. The molecule has 8 heteroatoms. The van der Waals surface area contributed by atoms with Crippen LogP contribution in [-0.2, 0) is 24.3 Å². The molecular formula is C28H31ClN2O5. The Bertz CT molecular complexity index is 1250. The van der Waals surface area contributed by atoms with E-state index in [0.717, 1.165) is 41.3 Å². The van der Waals surface area contributed by atoms with Crippen molar-refractivity contribution < 1.29 is 24.9 Å². The number of hydrogen-bond donors (Lipinski definition) is 3. The average molecular weight is 511 g/mol. The van der Waals surface area contributed by atoms with E-state index in [2.05, 4.69) is 29.2 Å². The SMILES string of the molecule is Cc1cc(CN(C2CC(C(=O)O)C2)C2CCc3cc(Cl)ccc32)ccc1OCCn1c(O)ccc1O. The molecule has 2 aliphatic carbocycles. The quantitative estimate of drug-likeness (QED) is 0.362. The molecule has 0 saturated heterocycles. The van der Waals surface area contributed by atoms with Crippen molar-refractivity contribution in [1.29, 1.82) is 0 Å². The Labute approximate surface area is 215 Å². The second-order valence-electron chi connectivity index (χ2n) is 9.88. The maximum absolute atomic E-state index is 11.5. The maximum atomic E-state index is 11.5. The molecule has 190 valence electrons. The number of aromatic hydroxyl groups is 2. The number of ether oxygens (including phenoxy) is 1. The summed E-state index contributed by atoms with van der Waals surface area (Å²) in [6.07, 6.45) is 3.33. The van der Waals surface area contributed by atoms with Crippen LogP contribution in [0.25, 0.3) is 0 Å². The fraction of sp³-hybridized carbons (Fsp3) is 0.393. The van der Waals surface area contributed by atoms with Crippen molar-refractivity contribution in [2.24, 2.45) is 5.92 Å². The highest BCUT2D eigenvalue weighted by Gasteiger charge is 2.42. The number of carboxylic acids is 1. The number of fused-ring (bicyclic) bond motifs is 1. The van der Waals surface area contributed by atoms with Gasteiger partial charge < -0.3 is 20.1 Å². The predicted molar refractivity (Wildman–Crippen MR) is 137 cm³/mol. The zero-order valence-electron chi connectivity index (χ0n) is 20.2. The Kier molecular flexibility index (Phi) is 6.86. The van der Waals surface area contributed by atoms with Crippen LogP contribution in [0.3, 0.4) is 0 Å². The molecule has 1 heterocycles. The number of aliphatic carboxylic acids is 1. The Balaban J connectivity index is 1.29. The minimum absolute atomic E-state index is 0.000139. The molecule has 0 amide bonds. The standard InChI is InChI=1S/C28H31ClN2O5/c1-17-12-18(2-7-25(17)36-11-10-30-26(32)8-9-27(30)33)16-31(22-14-20(15-22)28(34)35)24-6-3-19-13-21(29)4-5-23(19)24/h2,4-5,7-9,12-13,20,22,24,32-33H,3,6,10-11,14-16H2,1H3,(H,34,35). The monoisotopic (exact) mass is 510 g/mol. The lowest BCUT2D eigenvalue weighted by Crippen LogP contribution is -2.47. The van der Waals surface area contributed by atoms with Gasteiger partial charge in [0.25, 0.3) is 0 Å². The molecule has 1 unspecified atom stereocenters. The molecule has 2 aromatic carbocycles. The van der Waals surface area contributed by atoms with E-state index in [1.54, 1.807) is 0 Å². The third-order valence-electron chi connectivity index (χ3n) is 7.59. The summed E-state index contributed by atoms with van der Waals surface area (Å²) in [5.41, 5.74) is 4.74. The summed E-state index contributed by atoms with van der Waals surface area (Å²) < 4.78 is 7.31. The molecule has 0 bridgehead atoms. The summed E-state index contributed by atoms with van der Waals surface area (Å²) in [6, 6.07) is 15.6. The van der Waals surface area contributed by atoms with Crippen molar-refractivity contribution in [3.05, 3.63) is 75.8 Å². The van der Waals surface area contributed by atoms with Gasteiger partial charge in [-0.25, -0.2) is 0 Å². The van der Waals surface area contributed by atoms with Crippen LogP contribution in [0.1, 0.15) is 47.6 Å². The van der Waals surface area contributed by atoms with Gasteiger partial charge in [0.05, 0.1) is 12.5 Å². The first-order chi connectivity index (χ1) is 17.3. The van der Waals surface area contributed by atoms with E-state index in [0.29, 0.717) is 26.0 Å². The fourth-order valence-corrected chi connectivity index (χ4v) is 5.76. The number of benzene rings is 2. The Morgan fingerprint density at radius 2 is 1.86 bits per heavy atom. The van der Waals surface area contributed by atoms with Gasteiger partial charge in [-0.2, -0.15) is 0 Å². The fourth-order valence-electron chi connectivity index (χ4n) is 5.57. The maximum Gasteiger partial charge on any atom is 0.306 e. The first-order valence-electron chi connectivity index (χ1n) is 12.4. The van der Waals surface area contributed by atoms with Crippen LogP contribution in [-0.4, -0.2) is 43.4 Å². The Hall–Kier alpha value is -3.16. The first-order valence-corrected chi connectivity index (χ1v) is 12.7. The van der Waals surface area contributed by atoms with Crippen LogP contribution < -0.4 is 4.74 Å². The van der Waals surface area contributed by atoms with Crippen LogP contribution in [0.4, 0.5) is 0 Å². The molecule has 5 rings (SSSR count). The summed E-state index contributed by atoms with van der Waals surface area (Å²) in [5, 5.41) is 29.8. The van der Waals surface area contributed by atoms with Crippen LogP contribution >= 0.6 is 11.6 Å². The molecular weight excluding hydrogens is 480 g/mol. The summed E-state index contributed by atoms with van der Waals surface area (Å²) in [7, 11) is 0. The van der Waals surface area contributed by atoms with Crippen LogP contribution in [0, 0.1) is 12.8 Å². The topological polar surface area (TPSA) is 95.2 Å². The van der Waals surface area contributed by atoms with Gasteiger partial charge in [0, 0.05) is 35.8 Å². The number of hydrogen-bond acceptors (Lipinski definition) is 5. The highest BCUT2D eigenvalue weighted by Crippen LogP contribution is 2.44. The summed E-state index contributed by atoms with van der Waals surface area (Å²) in [5.74, 6) is -0.212. The largest absolute Gasteiger partial charge is 0.494 e. The van der Waals surface area contributed by atoms with Gasteiger partial charge in [0.1, 0.15) is 12.4 Å². The van der Waals surface area contributed by atoms with Crippen molar-refractivity contribution >= 4 is 17.6 Å². The molecule has 0 radical (unpaired) electrons. The normalized spacial score (nSPS) is 20.8. The highest BCUT2D eigenvalue weighted by molar-refractivity contribution is 6.30. The molecule has 1 fully saturated rings. The molecule has 3 N–H and O–H groups in total. The molecule has 1 aromatic heterocycles. The van der Waals surface area contributed by atoms with Gasteiger partial charge in [-0.15, -0.1) is 0 Å². The number of aryl methyl sites for hydroxylation is 2. The van der Waals surface area contributed by atoms with Crippen molar-refractivity contribution in [2.75, 3.05) is 6.61 Å². The number of carboxylic acid groups (broad SMARTS) is 1. The van der Waals surface area contributed by atoms with Crippen molar-refractivity contribution in [3.8, 4) is 17.5 Å². The Morgan fingerprint density at radius 3 is 2.56 bits per heavy atom. The van der Waals surface area contributed by atoms with Gasteiger partial charge in [0.15, 0.2) is 11.8 Å². The Morgan fingerprint density at radius 1 is 1.11 bits per heavy atom. The van der Waals surface area contributed by atoms with Gasteiger partial charge in [-0.3, -0.25) is 14.3 Å². The van der Waals surface area contributed by atoms with Gasteiger partial charge in [-0.05, 0) is 73.1 Å². The molecule has 3 aromatic rings. The van der Waals surface area contributed by atoms with E-state index < -0.39 is 5.97 Å². The number of aromatic nitrogens is 1. The molecule has 0 aliphatic heterocycles. The van der Waals surface area contributed by atoms with E-state index >= 15 is 0 Å². The van der Waals surface area contributed by atoms with E-state index in [1.165, 1.54) is 27.8 Å². The predicted octanol–water partition coefficient (Wildman–Crippen LogP) is 5.29. The minimum Gasteiger partial charge on any atom is -0.494 e. The smallest absolute Gasteiger partial charge is 0.306 e. The van der Waals surface area contributed by atoms with Crippen LogP contribution in [0.15, 0.2) is 48.5 Å². The lowest BCUT2D eigenvalue weighted by atomic mass is 9.78. The molecule has 7 nitrogen and oxygen atoms in total. The van der Waals surface area contributed by atoms with Crippen molar-refractivity contribution in [2.45, 2.75) is 57.8 Å². The second kappa shape index (κ2) is 10.1. The summed E-state index contributed by atoms with van der Waals surface area (Å²) in [4.78, 5) is 13.9. The van der Waals surface area contributed by atoms with Crippen molar-refractivity contribution in [1.82, 2.24) is 9.47 Å². The molecule has 1 atom stereocenters. The minimum atomic E-state index is -0.705. The number of halogens is 1. The third-order valence-corrected chi connectivity index (χ3v) is 7.83. The second-order valence-corrected chi connectivity index (χ2v) is 10.3. The van der Waals surface area contributed by atoms with Gasteiger partial charge in [-0.1, -0.05) is 29.8 Å². The highest BCUT2D eigenvalue weighted by atomic mass is 35.5. The average Bonchev–Trinajstić information content (AvgIpc) is 3.36. The van der Waals surface area contributed by atoms with Gasteiger partial charge in [0.2, 0.25) is 0 Å². The molecule has 2 aliphatic rings. The van der Waals surface area contributed by atoms with E-state index in [-0.39, 0.29) is 29.8 Å². The van der Waals surface area contributed by atoms with E-state index in [1.807, 2.05) is 19.1 Å². The molecule has 1 saturated carbocycles. The number of nitrogens with zero attached hydrogens (tertiary/aromatic N) is 2. The molecule has 36 heavy (non-hydrogen) atoms. The zero-order valence-corrected chi connectivity index (χ0v) is 21.0. The summed E-state index contributed by atoms with van der Waals surface area (Å²) in [6.45, 7) is 3.37. The lowest BCUT2D eigenvalue weighted by Gasteiger charge is -2.44. The summed E-state index contributed by atoms with van der Waals surface area (Å²) >= 11 is 6.23. The number of rotatable bonds is 9.